The van der Waals surface area contributed by atoms with Gasteiger partial charge in [-0.3, -0.25) is 0 Å². The Balaban J connectivity index is 1.68. The zero-order valence-electron chi connectivity index (χ0n) is 12.0. The molecule has 2 aliphatic rings. The molecular weight excluding hydrogens is 258 g/mol. The Morgan fingerprint density at radius 2 is 1.67 bits per heavy atom. The van der Waals surface area contributed by atoms with E-state index in [0.717, 1.165) is 19.6 Å². The molecule has 2 heterocycles. The van der Waals surface area contributed by atoms with E-state index in [1.54, 1.807) is 0 Å². The smallest absolute Gasteiger partial charge is 0.0656 e. The molecule has 1 N–H and O–H groups in total. The highest BCUT2D eigenvalue weighted by molar-refractivity contribution is 5.73. The van der Waals surface area contributed by atoms with Crippen LogP contribution < -0.4 is 5.32 Å². The van der Waals surface area contributed by atoms with Crippen LogP contribution in [0.25, 0.3) is 16.7 Å². The fourth-order valence-electron chi connectivity index (χ4n) is 3.27. The van der Waals surface area contributed by atoms with E-state index in [1.165, 1.54) is 22.3 Å². The summed E-state index contributed by atoms with van der Waals surface area (Å²) in [7, 11) is 0. The number of rotatable bonds is 2. The fourth-order valence-corrected chi connectivity index (χ4v) is 3.27. The van der Waals surface area contributed by atoms with Gasteiger partial charge in [-0.05, 0) is 34.8 Å². The van der Waals surface area contributed by atoms with Crippen LogP contribution >= 0.6 is 0 Å². The standard InChI is InChI=1S/C19H19NO/c1-2-5-14(6-3-1)15-7-4-8-16(9-15)17-10-18-12-21-13-19(11-17)20-18/h1-10,18-20H,11-13H2. The summed E-state index contributed by atoms with van der Waals surface area (Å²) in [5.74, 6) is 0. The van der Waals surface area contributed by atoms with Crippen molar-refractivity contribution in [1.29, 1.82) is 0 Å². The molecule has 1 saturated heterocycles. The predicted octanol–water partition coefficient (Wildman–Crippen LogP) is 3.50. The quantitative estimate of drug-likeness (QED) is 0.907. The number of hydrogen-bond acceptors (Lipinski definition) is 2. The maximum atomic E-state index is 5.61. The minimum atomic E-state index is 0.368. The highest BCUT2D eigenvalue weighted by Crippen LogP contribution is 2.29. The zero-order chi connectivity index (χ0) is 14.1. The minimum Gasteiger partial charge on any atom is -0.378 e. The van der Waals surface area contributed by atoms with Gasteiger partial charge in [-0.25, -0.2) is 0 Å². The predicted molar refractivity (Wildman–Crippen MR) is 86.0 cm³/mol. The van der Waals surface area contributed by atoms with Crippen LogP contribution in [0.15, 0.2) is 60.7 Å². The summed E-state index contributed by atoms with van der Waals surface area (Å²) in [5, 5.41) is 3.60. The van der Waals surface area contributed by atoms with E-state index in [1.807, 2.05) is 0 Å². The molecule has 2 aromatic carbocycles. The second-order valence-electron chi connectivity index (χ2n) is 5.85. The van der Waals surface area contributed by atoms with E-state index < -0.39 is 0 Å². The van der Waals surface area contributed by atoms with Crippen LogP contribution in [-0.2, 0) is 4.74 Å². The Hall–Kier alpha value is -1.90. The monoisotopic (exact) mass is 277 g/mol. The number of hydrogen-bond donors (Lipinski definition) is 1. The first kappa shape index (κ1) is 12.8. The molecule has 2 heteroatoms. The summed E-state index contributed by atoms with van der Waals surface area (Å²) in [6, 6.07) is 20.3. The second kappa shape index (κ2) is 5.47. The SMILES string of the molecule is C1=C(c2cccc(-c3ccccc3)c2)CC2COCC1N2. The van der Waals surface area contributed by atoms with Gasteiger partial charge >= 0.3 is 0 Å². The van der Waals surface area contributed by atoms with Crippen LogP contribution in [0.3, 0.4) is 0 Å². The molecule has 0 aromatic heterocycles. The van der Waals surface area contributed by atoms with E-state index in [2.05, 4.69) is 66.0 Å². The Labute approximate surface area is 125 Å². The van der Waals surface area contributed by atoms with Crippen molar-refractivity contribution in [2.75, 3.05) is 13.2 Å². The summed E-state index contributed by atoms with van der Waals surface area (Å²) in [5.41, 5.74) is 5.35. The molecule has 0 saturated carbocycles. The van der Waals surface area contributed by atoms with Crippen LogP contribution in [0.5, 0.6) is 0 Å². The molecule has 0 aliphatic carbocycles. The van der Waals surface area contributed by atoms with Gasteiger partial charge in [0.05, 0.1) is 13.2 Å². The Bertz CT molecular complexity index is 662. The highest BCUT2D eigenvalue weighted by atomic mass is 16.5. The van der Waals surface area contributed by atoms with Gasteiger partial charge < -0.3 is 10.1 Å². The minimum absolute atomic E-state index is 0.368. The van der Waals surface area contributed by atoms with Crippen molar-refractivity contribution in [2.45, 2.75) is 18.5 Å². The number of morpholine rings is 1. The van der Waals surface area contributed by atoms with Gasteiger partial charge in [-0.15, -0.1) is 0 Å². The van der Waals surface area contributed by atoms with Gasteiger partial charge in [0.2, 0.25) is 0 Å². The zero-order valence-corrected chi connectivity index (χ0v) is 12.0. The molecule has 2 atom stereocenters. The fraction of sp³-hybridized carbons (Fsp3) is 0.263. The van der Waals surface area contributed by atoms with E-state index in [0.29, 0.717) is 12.1 Å². The van der Waals surface area contributed by atoms with Crippen molar-refractivity contribution < 1.29 is 4.74 Å². The van der Waals surface area contributed by atoms with Crippen LogP contribution in [0.1, 0.15) is 12.0 Å². The van der Waals surface area contributed by atoms with Gasteiger partial charge in [-0.2, -0.15) is 0 Å². The summed E-state index contributed by atoms with van der Waals surface area (Å²) in [6.07, 6.45) is 3.38. The average Bonchev–Trinajstić information content (AvgIpc) is 2.55. The molecule has 2 nitrogen and oxygen atoms in total. The van der Waals surface area contributed by atoms with Gasteiger partial charge in [0.15, 0.2) is 0 Å². The van der Waals surface area contributed by atoms with Crippen molar-refractivity contribution in [2.24, 2.45) is 0 Å². The average molecular weight is 277 g/mol. The molecule has 2 aliphatic heterocycles. The first-order valence-corrected chi connectivity index (χ1v) is 7.59. The third kappa shape index (κ3) is 2.65. The molecule has 106 valence electrons. The van der Waals surface area contributed by atoms with Gasteiger partial charge in [-0.1, -0.05) is 54.6 Å². The molecule has 21 heavy (non-hydrogen) atoms. The van der Waals surface area contributed by atoms with E-state index >= 15 is 0 Å². The number of nitrogens with one attached hydrogen (secondary N) is 1. The van der Waals surface area contributed by atoms with Crippen molar-refractivity contribution in [3.63, 3.8) is 0 Å². The lowest BCUT2D eigenvalue weighted by Gasteiger charge is -2.35. The van der Waals surface area contributed by atoms with Gasteiger partial charge in [0.1, 0.15) is 0 Å². The van der Waals surface area contributed by atoms with Crippen LogP contribution in [0.4, 0.5) is 0 Å². The summed E-state index contributed by atoms with van der Waals surface area (Å²) >= 11 is 0. The molecule has 0 amide bonds. The van der Waals surface area contributed by atoms with Crippen molar-refractivity contribution in [3.8, 4) is 11.1 Å². The van der Waals surface area contributed by atoms with E-state index in [-0.39, 0.29) is 0 Å². The molecular formula is C19H19NO. The first-order chi connectivity index (χ1) is 10.4. The van der Waals surface area contributed by atoms with Crippen LogP contribution in [0.2, 0.25) is 0 Å². The molecule has 2 bridgehead atoms. The number of fused-ring (bicyclic) bond motifs is 2. The van der Waals surface area contributed by atoms with E-state index in [9.17, 15) is 0 Å². The maximum absolute atomic E-state index is 5.61. The highest BCUT2D eigenvalue weighted by Gasteiger charge is 2.26. The van der Waals surface area contributed by atoms with E-state index in [4.69, 9.17) is 4.74 Å². The molecule has 1 fully saturated rings. The molecule has 0 radical (unpaired) electrons. The third-order valence-electron chi connectivity index (χ3n) is 4.28. The maximum Gasteiger partial charge on any atom is 0.0656 e. The summed E-state index contributed by atoms with van der Waals surface area (Å²) in [4.78, 5) is 0. The van der Waals surface area contributed by atoms with Crippen molar-refractivity contribution >= 4 is 5.57 Å². The lowest BCUT2D eigenvalue weighted by molar-refractivity contribution is 0.0561. The van der Waals surface area contributed by atoms with Gasteiger partial charge in [0, 0.05) is 12.1 Å². The summed E-state index contributed by atoms with van der Waals surface area (Å²) in [6.45, 7) is 1.62. The lowest BCUT2D eigenvalue weighted by atomic mass is 9.90. The second-order valence-corrected chi connectivity index (χ2v) is 5.85. The van der Waals surface area contributed by atoms with Crippen LogP contribution in [0, 0.1) is 0 Å². The van der Waals surface area contributed by atoms with Gasteiger partial charge in [0.25, 0.3) is 0 Å². The first-order valence-electron chi connectivity index (χ1n) is 7.59. The Kier molecular flexibility index (Phi) is 3.34. The molecule has 2 unspecified atom stereocenters. The Morgan fingerprint density at radius 3 is 2.52 bits per heavy atom. The lowest BCUT2D eigenvalue weighted by Crippen LogP contribution is -2.50. The van der Waals surface area contributed by atoms with Crippen molar-refractivity contribution in [1.82, 2.24) is 5.32 Å². The number of benzene rings is 2. The molecule has 0 spiro atoms. The third-order valence-corrected chi connectivity index (χ3v) is 4.28. The normalized spacial score (nSPS) is 24.5. The largest absolute Gasteiger partial charge is 0.378 e. The molecule has 2 aromatic rings. The van der Waals surface area contributed by atoms with Crippen LogP contribution in [-0.4, -0.2) is 25.3 Å². The molecule has 4 rings (SSSR count). The Morgan fingerprint density at radius 1 is 0.857 bits per heavy atom. The number of ether oxygens (including phenoxy) is 1. The van der Waals surface area contributed by atoms with Crippen molar-refractivity contribution in [3.05, 3.63) is 66.2 Å². The topological polar surface area (TPSA) is 21.3 Å². The summed E-state index contributed by atoms with van der Waals surface area (Å²) < 4.78 is 5.61.